The molecule has 0 unspecified atom stereocenters. The number of hydrogen-bond acceptors (Lipinski definition) is 0. The molecule has 17 heavy (non-hydrogen) atoms. The first-order chi connectivity index (χ1) is 8.25. The molecule has 1 atom stereocenters. The average molecular weight is 289 g/mol. The molecule has 0 spiro atoms. The van der Waals surface area contributed by atoms with Crippen molar-refractivity contribution >= 4 is 15.0 Å². The topological polar surface area (TPSA) is 0 Å². The molecule has 88 valence electrons. The van der Waals surface area contributed by atoms with Crippen molar-refractivity contribution in [2.45, 2.75) is 24.0 Å². The van der Waals surface area contributed by atoms with Gasteiger partial charge >= 0.3 is 110 Å². The van der Waals surface area contributed by atoms with Crippen LogP contribution in [0.2, 0.25) is 0 Å². The van der Waals surface area contributed by atoms with Gasteiger partial charge in [-0.15, -0.1) is 0 Å². The zero-order chi connectivity index (χ0) is 12.1. The molecule has 0 aliphatic heterocycles. The van der Waals surface area contributed by atoms with Crippen molar-refractivity contribution in [2.24, 2.45) is 0 Å². The van der Waals surface area contributed by atoms with Crippen LogP contribution in [0.4, 0.5) is 0 Å². The van der Waals surface area contributed by atoms with E-state index in [9.17, 15) is 0 Å². The van der Waals surface area contributed by atoms with E-state index in [4.69, 9.17) is 0 Å². The third-order valence-corrected chi connectivity index (χ3v) is 5.56. The van der Waals surface area contributed by atoms with Gasteiger partial charge < -0.3 is 0 Å². The molecule has 2 aromatic carbocycles. The maximum absolute atomic E-state index is 2.34. The quantitative estimate of drug-likeness (QED) is 0.747. The number of rotatable bonds is 4. The Labute approximate surface area is 110 Å². The Morgan fingerprint density at radius 3 is 2.24 bits per heavy atom. The van der Waals surface area contributed by atoms with E-state index < -0.39 is 0 Å². The van der Waals surface area contributed by atoms with Crippen LogP contribution in [0.15, 0.2) is 54.6 Å². The first-order valence-corrected chi connectivity index (χ1v) is 8.18. The molecule has 2 rings (SSSR count). The zero-order valence-electron chi connectivity index (χ0n) is 10.4. The van der Waals surface area contributed by atoms with E-state index in [-0.39, 0.29) is 0 Å². The SMILES string of the molecule is Cc1ccc([C@@H](C)[Se]Cc2ccccc2)cc1. The number of benzene rings is 2. The predicted molar refractivity (Wildman–Crippen MR) is 75.5 cm³/mol. The summed E-state index contributed by atoms with van der Waals surface area (Å²) in [5, 5.41) is 1.23. The molecule has 0 radical (unpaired) electrons. The fourth-order valence-corrected chi connectivity index (χ4v) is 3.79. The Balaban J connectivity index is 1.93. The van der Waals surface area contributed by atoms with Crippen LogP contribution < -0.4 is 0 Å². The first kappa shape index (κ1) is 12.4. The van der Waals surface area contributed by atoms with Crippen LogP contribution >= 0.6 is 0 Å². The van der Waals surface area contributed by atoms with Gasteiger partial charge in [-0.3, -0.25) is 0 Å². The van der Waals surface area contributed by atoms with E-state index in [1.54, 1.807) is 0 Å². The van der Waals surface area contributed by atoms with Gasteiger partial charge in [0.25, 0.3) is 0 Å². The van der Waals surface area contributed by atoms with Crippen molar-refractivity contribution in [3.63, 3.8) is 0 Å². The second-order valence-corrected chi connectivity index (χ2v) is 7.14. The van der Waals surface area contributed by atoms with Crippen LogP contribution in [-0.4, -0.2) is 15.0 Å². The molecule has 0 N–H and O–H groups in total. The predicted octanol–water partition coefficient (Wildman–Crippen LogP) is 3.96. The van der Waals surface area contributed by atoms with E-state index in [2.05, 4.69) is 68.4 Å². The molecule has 0 heterocycles. The fourth-order valence-electron chi connectivity index (χ4n) is 1.73. The van der Waals surface area contributed by atoms with E-state index in [0.29, 0.717) is 19.8 Å². The number of aryl methyl sites for hydroxylation is 1. The van der Waals surface area contributed by atoms with Crippen LogP contribution in [0.5, 0.6) is 0 Å². The van der Waals surface area contributed by atoms with Gasteiger partial charge in [0.2, 0.25) is 0 Å². The van der Waals surface area contributed by atoms with E-state index in [1.807, 2.05) is 0 Å². The normalized spacial score (nSPS) is 12.4. The Hall–Kier alpha value is -1.04. The standard InChI is InChI=1S/C16H18Se/c1-13-8-10-16(11-9-13)14(2)17-12-15-6-4-3-5-7-15/h3-11,14H,12H2,1-2H3/t14-/m1/s1. The molecule has 0 aromatic heterocycles. The zero-order valence-corrected chi connectivity index (χ0v) is 12.1. The molecular formula is C16H18Se. The van der Waals surface area contributed by atoms with E-state index in [0.717, 1.165) is 0 Å². The Morgan fingerprint density at radius 1 is 0.941 bits per heavy atom. The van der Waals surface area contributed by atoms with Crippen LogP contribution in [0.25, 0.3) is 0 Å². The van der Waals surface area contributed by atoms with Crippen molar-refractivity contribution in [1.29, 1.82) is 0 Å². The molecule has 0 amide bonds. The van der Waals surface area contributed by atoms with Gasteiger partial charge in [0.15, 0.2) is 0 Å². The van der Waals surface area contributed by atoms with Crippen LogP contribution in [0.3, 0.4) is 0 Å². The third-order valence-electron chi connectivity index (χ3n) is 2.89. The fraction of sp³-hybridized carbons (Fsp3) is 0.250. The molecule has 0 saturated carbocycles. The van der Waals surface area contributed by atoms with Crippen LogP contribution in [-0.2, 0) is 5.32 Å². The molecule has 0 aliphatic rings. The Bertz CT molecular complexity index is 445. The summed E-state index contributed by atoms with van der Waals surface area (Å²) < 4.78 is 0. The van der Waals surface area contributed by atoms with Crippen molar-refractivity contribution in [1.82, 2.24) is 0 Å². The van der Waals surface area contributed by atoms with Gasteiger partial charge in [-0.25, -0.2) is 0 Å². The van der Waals surface area contributed by atoms with Gasteiger partial charge in [-0.2, -0.15) is 0 Å². The van der Waals surface area contributed by atoms with Crippen molar-refractivity contribution in [3.05, 3.63) is 71.3 Å². The first-order valence-electron chi connectivity index (χ1n) is 5.98. The minimum absolute atomic E-state index is 0.636. The number of hydrogen-bond donors (Lipinski definition) is 0. The van der Waals surface area contributed by atoms with Crippen molar-refractivity contribution in [2.75, 3.05) is 0 Å². The second kappa shape index (κ2) is 6.05. The second-order valence-electron chi connectivity index (χ2n) is 4.35. The van der Waals surface area contributed by atoms with Gasteiger partial charge in [0, 0.05) is 0 Å². The molecule has 0 fully saturated rings. The van der Waals surface area contributed by atoms with Crippen LogP contribution in [0, 0.1) is 6.92 Å². The summed E-state index contributed by atoms with van der Waals surface area (Å²) in [6.07, 6.45) is 0. The van der Waals surface area contributed by atoms with Crippen LogP contribution in [0.1, 0.15) is 28.4 Å². The molecular weight excluding hydrogens is 271 g/mol. The average Bonchev–Trinajstić information content (AvgIpc) is 2.38. The van der Waals surface area contributed by atoms with Gasteiger partial charge in [-0.05, 0) is 0 Å². The molecule has 2 aromatic rings. The Kier molecular flexibility index (Phi) is 4.42. The molecule has 0 aliphatic carbocycles. The monoisotopic (exact) mass is 290 g/mol. The van der Waals surface area contributed by atoms with Gasteiger partial charge in [-0.1, -0.05) is 0 Å². The molecule has 0 nitrogen and oxygen atoms in total. The van der Waals surface area contributed by atoms with Crippen molar-refractivity contribution in [3.8, 4) is 0 Å². The van der Waals surface area contributed by atoms with Gasteiger partial charge in [0.1, 0.15) is 0 Å². The summed E-state index contributed by atoms with van der Waals surface area (Å²) in [7, 11) is 0. The molecule has 1 heteroatoms. The summed E-state index contributed by atoms with van der Waals surface area (Å²) in [6.45, 7) is 4.48. The third kappa shape index (κ3) is 3.73. The summed E-state index contributed by atoms with van der Waals surface area (Å²) >= 11 is 0.636. The van der Waals surface area contributed by atoms with Crippen molar-refractivity contribution < 1.29 is 0 Å². The summed E-state index contributed by atoms with van der Waals surface area (Å²) in [5.74, 6) is 0. The summed E-state index contributed by atoms with van der Waals surface area (Å²) in [6, 6.07) is 19.8. The molecule has 0 bridgehead atoms. The minimum atomic E-state index is 0.636. The van der Waals surface area contributed by atoms with Gasteiger partial charge in [0.05, 0.1) is 0 Å². The van der Waals surface area contributed by atoms with E-state index >= 15 is 0 Å². The maximum atomic E-state index is 2.34. The molecule has 0 saturated heterocycles. The van der Waals surface area contributed by atoms with E-state index in [1.165, 1.54) is 22.0 Å². The summed E-state index contributed by atoms with van der Waals surface area (Å²) in [5.41, 5.74) is 4.29. The Morgan fingerprint density at radius 2 is 1.59 bits per heavy atom. The summed E-state index contributed by atoms with van der Waals surface area (Å²) in [4.78, 5) is 0.698.